The molecule has 15 heavy (non-hydrogen) atoms. The molecule has 88 valence electrons. The van der Waals surface area contributed by atoms with Crippen LogP contribution in [0.1, 0.15) is 26.7 Å². The third-order valence-corrected chi connectivity index (χ3v) is 2.80. The Balaban J connectivity index is 2.49. The van der Waals surface area contributed by atoms with E-state index in [1.807, 2.05) is 23.6 Å². The number of nitrogens with zero attached hydrogens (tertiary/aromatic N) is 2. The van der Waals surface area contributed by atoms with Gasteiger partial charge in [0, 0.05) is 32.8 Å². The van der Waals surface area contributed by atoms with E-state index in [0.29, 0.717) is 12.6 Å². The molecule has 0 heterocycles. The van der Waals surface area contributed by atoms with Crippen LogP contribution in [0.3, 0.4) is 0 Å². The summed E-state index contributed by atoms with van der Waals surface area (Å²) in [5.74, 6) is 0. The average Bonchev–Trinajstić information content (AvgIpc) is 3.04. The fourth-order valence-electron chi connectivity index (χ4n) is 1.69. The summed E-state index contributed by atoms with van der Waals surface area (Å²) in [6.45, 7) is 6.95. The smallest absolute Gasteiger partial charge is 0.320 e. The number of urea groups is 1. The van der Waals surface area contributed by atoms with E-state index in [4.69, 9.17) is 4.74 Å². The van der Waals surface area contributed by atoms with Crippen LogP contribution in [0.15, 0.2) is 0 Å². The SMILES string of the molecule is CCN(CC)C(=O)N(CCOC)C1CC1. The monoisotopic (exact) mass is 214 g/mol. The summed E-state index contributed by atoms with van der Waals surface area (Å²) in [4.78, 5) is 15.9. The number of methoxy groups -OCH3 is 1. The number of hydrogen-bond acceptors (Lipinski definition) is 2. The fourth-order valence-corrected chi connectivity index (χ4v) is 1.69. The van der Waals surface area contributed by atoms with Crippen molar-refractivity contribution in [3.63, 3.8) is 0 Å². The number of ether oxygens (including phenoxy) is 1. The maximum Gasteiger partial charge on any atom is 0.320 e. The highest BCUT2D eigenvalue weighted by molar-refractivity contribution is 5.75. The summed E-state index contributed by atoms with van der Waals surface area (Å²) in [6, 6.07) is 0.632. The van der Waals surface area contributed by atoms with Crippen LogP contribution < -0.4 is 0 Å². The average molecular weight is 214 g/mol. The molecule has 1 saturated carbocycles. The van der Waals surface area contributed by atoms with E-state index >= 15 is 0 Å². The van der Waals surface area contributed by atoms with E-state index < -0.39 is 0 Å². The first-order valence-corrected chi connectivity index (χ1v) is 5.79. The normalized spacial score (nSPS) is 15.1. The van der Waals surface area contributed by atoms with Gasteiger partial charge in [0.05, 0.1) is 6.61 Å². The van der Waals surface area contributed by atoms with E-state index in [0.717, 1.165) is 32.5 Å². The van der Waals surface area contributed by atoms with Crippen molar-refractivity contribution < 1.29 is 9.53 Å². The first-order valence-electron chi connectivity index (χ1n) is 5.79. The van der Waals surface area contributed by atoms with Gasteiger partial charge in [0.25, 0.3) is 0 Å². The number of hydrogen-bond donors (Lipinski definition) is 0. The molecule has 1 aliphatic carbocycles. The van der Waals surface area contributed by atoms with Crippen molar-refractivity contribution in [1.82, 2.24) is 9.80 Å². The van der Waals surface area contributed by atoms with E-state index in [2.05, 4.69) is 0 Å². The van der Waals surface area contributed by atoms with Gasteiger partial charge < -0.3 is 14.5 Å². The van der Waals surface area contributed by atoms with Crippen LogP contribution in [0.5, 0.6) is 0 Å². The van der Waals surface area contributed by atoms with Gasteiger partial charge in [-0.1, -0.05) is 0 Å². The quantitative estimate of drug-likeness (QED) is 0.672. The minimum absolute atomic E-state index is 0.166. The van der Waals surface area contributed by atoms with Gasteiger partial charge in [-0.05, 0) is 26.7 Å². The molecule has 0 unspecified atom stereocenters. The van der Waals surface area contributed by atoms with Gasteiger partial charge >= 0.3 is 6.03 Å². The summed E-state index contributed by atoms with van der Waals surface area (Å²) in [5.41, 5.74) is 0. The molecular weight excluding hydrogens is 192 g/mol. The molecule has 2 amide bonds. The highest BCUT2D eigenvalue weighted by Crippen LogP contribution is 2.27. The predicted octanol–water partition coefficient (Wildman–Crippen LogP) is 1.56. The Bertz CT molecular complexity index is 201. The highest BCUT2D eigenvalue weighted by Gasteiger charge is 2.33. The largest absolute Gasteiger partial charge is 0.383 e. The highest BCUT2D eigenvalue weighted by atomic mass is 16.5. The van der Waals surface area contributed by atoms with Crippen molar-refractivity contribution in [3.8, 4) is 0 Å². The van der Waals surface area contributed by atoms with Crippen LogP contribution in [-0.2, 0) is 4.74 Å². The lowest BCUT2D eigenvalue weighted by atomic mass is 10.4. The molecule has 4 heteroatoms. The van der Waals surface area contributed by atoms with Gasteiger partial charge in [-0.25, -0.2) is 4.79 Å². The zero-order chi connectivity index (χ0) is 11.3. The van der Waals surface area contributed by atoms with Crippen molar-refractivity contribution >= 4 is 6.03 Å². The Morgan fingerprint density at radius 1 is 1.33 bits per heavy atom. The molecule has 0 N–H and O–H groups in total. The molecule has 0 atom stereocenters. The van der Waals surface area contributed by atoms with Gasteiger partial charge in [0.15, 0.2) is 0 Å². The lowest BCUT2D eigenvalue weighted by Crippen LogP contribution is -2.45. The zero-order valence-corrected chi connectivity index (χ0v) is 10.0. The second-order valence-corrected chi connectivity index (χ2v) is 3.87. The van der Waals surface area contributed by atoms with Crippen LogP contribution in [-0.4, -0.2) is 55.2 Å². The summed E-state index contributed by atoms with van der Waals surface area (Å²) < 4.78 is 5.04. The third-order valence-electron chi connectivity index (χ3n) is 2.80. The van der Waals surface area contributed by atoms with Crippen molar-refractivity contribution in [2.45, 2.75) is 32.7 Å². The molecule has 1 rings (SSSR count). The molecule has 0 aromatic rings. The summed E-state index contributed by atoms with van der Waals surface area (Å²) >= 11 is 0. The first kappa shape index (κ1) is 12.3. The number of carbonyl (C=O) groups excluding carboxylic acids is 1. The fraction of sp³-hybridized carbons (Fsp3) is 0.909. The molecule has 0 aromatic heterocycles. The minimum atomic E-state index is 0.166. The van der Waals surface area contributed by atoms with Crippen LogP contribution in [0.25, 0.3) is 0 Å². The summed E-state index contributed by atoms with van der Waals surface area (Å²) in [6.07, 6.45) is 2.30. The topological polar surface area (TPSA) is 32.8 Å². The van der Waals surface area contributed by atoms with Gasteiger partial charge in [-0.2, -0.15) is 0 Å². The number of carbonyl (C=O) groups is 1. The number of rotatable bonds is 6. The van der Waals surface area contributed by atoms with Crippen molar-refractivity contribution in [2.75, 3.05) is 33.4 Å². The van der Waals surface area contributed by atoms with Crippen LogP contribution in [0.4, 0.5) is 4.79 Å². The lowest BCUT2D eigenvalue weighted by molar-refractivity contribution is 0.124. The molecule has 1 aliphatic rings. The maximum absolute atomic E-state index is 12.1. The van der Waals surface area contributed by atoms with Crippen LogP contribution in [0, 0.1) is 0 Å². The molecule has 0 radical (unpaired) electrons. The summed E-state index contributed by atoms with van der Waals surface area (Å²) in [5, 5.41) is 0. The molecular formula is C11H22N2O2. The molecule has 0 saturated heterocycles. The minimum Gasteiger partial charge on any atom is -0.383 e. The van der Waals surface area contributed by atoms with Gasteiger partial charge in [-0.15, -0.1) is 0 Å². The van der Waals surface area contributed by atoms with Crippen molar-refractivity contribution in [2.24, 2.45) is 0 Å². The molecule has 1 fully saturated rings. The predicted molar refractivity (Wildman–Crippen MR) is 59.9 cm³/mol. The molecule has 4 nitrogen and oxygen atoms in total. The Morgan fingerprint density at radius 2 is 1.93 bits per heavy atom. The maximum atomic E-state index is 12.1. The van der Waals surface area contributed by atoms with Crippen LogP contribution >= 0.6 is 0 Å². The molecule has 0 spiro atoms. The Morgan fingerprint density at radius 3 is 2.33 bits per heavy atom. The third kappa shape index (κ3) is 3.38. The van der Waals surface area contributed by atoms with E-state index in [1.165, 1.54) is 0 Å². The Labute approximate surface area is 92.2 Å². The van der Waals surface area contributed by atoms with Gasteiger partial charge in [0.1, 0.15) is 0 Å². The molecule has 0 aromatic carbocycles. The molecule has 0 aliphatic heterocycles. The molecule has 0 bridgehead atoms. The standard InChI is InChI=1S/C11H22N2O2/c1-4-12(5-2)11(14)13(8-9-15-3)10-6-7-10/h10H,4-9H2,1-3H3. The van der Waals surface area contributed by atoms with Crippen molar-refractivity contribution in [1.29, 1.82) is 0 Å². The van der Waals surface area contributed by atoms with E-state index in [9.17, 15) is 4.79 Å². The Hall–Kier alpha value is -0.770. The van der Waals surface area contributed by atoms with Gasteiger partial charge in [0.2, 0.25) is 0 Å². The van der Waals surface area contributed by atoms with E-state index in [1.54, 1.807) is 7.11 Å². The lowest BCUT2D eigenvalue weighted by Gasteiger charge is -2.29. The summed E-state index contributed by atoms with van der Waals surface area (Å²) in [7, 11) is 1.67. The second-order valence-electron chi connectivity index (χ2n) is 3.87. The van der Waals surface area contributed by atoms with E-state index in [-0.39, 0.29) is 6.03 Å². The number of amides is 2. The van der Waals surface area contributed by atoms with Crippen LogP contribution in [0.2, 0.25) is 0 Å². The van der Waals surface area contributed by atoms with Crippen molar-refractivity contribution in [3.05, 3.63) is 0 Å². The zero-order valence-electron chi connectivity index (χ0n) is 10.0. The second kappa shape index (κ2) is 5.95. The first-order chi connectivity index (χ1) is 7.24. The van der Waals surface area contributed by atoms with Gasteiger partial charge in [-0.3, -0.25) is 0 Å². The Kier molecular flexibility index (Phi) is 4.88.